The summed E-state index contributed by atoms with van der Waals surface area (Å²) in [5.41, 5.74) is 8.88. The molecule has 0 atom stereocenters. The van der Waals surface area contributed by atoms with E-state index in [1.165, 1.54) is 15.5 Å². The second-order valence-corrected chi connectivity index (χ2v) is 15.2. The maximum atomic E-state index is 6.52. The maximum Gasteiger partial charge on any atom is 0.227 e. The van der Waals surface area contributed by atoms with Gasteiger partial charge in [-0.2, -0.15) is 0 Å². The van der Waals surface area contributed by atoms with Crippen LogP contribution in [0.2, 0.25) is 0 Å². The molecule has 7 heteroatoms. The molecule has 0 radical (unpaired) electrons. The summed E-state index contributed by atoms with van der Waals surface area (Å²) in [5.74, 6) is 2.39. The van der Waals surface area contributed by atoms with Crippen LogP contribution in [0.5, 0.6) is 0 Å². The number of nitrogens with zero attached hydrogens (tertiary/aromatic N) is 4. The monoisotopic (exact) mass is 748 g/mol. The predicted molar refractivity (Wildman–Crippen MR) is 232 cm³/mol. The lowest BCUT2D eigenvalue weighted by atomic mass is 10.0. The molecule has 0 aliphatic carbocycles. The molecule has 0 N–H and O–H groups in total. The summed E-state index contributed by atoms with van der Waals surface area (Å²) < 4.78 is 15.4. The van der Waals surface area contributed by atoms with Crippen molar-refractivity contribution in [2.45, 2.75) is 0 Å². The Kier molecular flexibility index (Phi) is 7.00. The summed E-state index contributed by atoms with van der Waals surface area (Å²) in [4.78, 5) is 20.5. The van der Waals surface area contributed by atoms with Crippen LogP contribution in [0.15, 0.2) is 179 Å². The third kappa shape index (κ3) is 5.17. The number of rotatable bonds is 5. The minimum atomic E-state index is 0.573. The highest BCUT2D eigenvalue weighted by atomic mass is 32.1. The standard InChI is InChI=1S/C50H28N4O2S/c1-3-11-29(12-4-1)32-15-9-16-33(27-32)47-52-48(54-49(53-47)37-19-10-18-36-35-17-7-8-20-42(35)57-46(36)37)34-22-21-30-23-25-40-43(38(30)28-34)44-41(55-40)26-24-39-45(44)56-50(51-39)31-13-5-2-6-14-31/h1-28H. The van der Waals surface area contributed by atoms with Gasteiger partial charge in [-0.05, 0) is 76.5 Å². The first-order valence-corrected chi connectivity index (χ1v) is 19.6. The number of thiophene rings is 1. The van der Waals surface area contributed by atoms with Gasteiger partial charge in [0.15, 0.2) is 23.1 Å². The molecule has 8 aromatic carbocycles. The highest BCUT2D eigenvalue weighted by molar-refractivity contribution is 7.26. The summed E-state index contributed by atoms with van der Waals surface area (Å²) >= 11 is 1.77. The summed E-state index contributed by atoms with van der Waals surface area (Å²) in [6.45, 7) is 0. The molecule has 0 bridgehead atoms. The average molecular weight is 749 g/mol. The van der Waals surface area contributed by atoms with Crippen LogP contribution in [-0.4, -0.2) is 19.9 Å². The van der Waals surface area contributed by atoms with E-state index in [4.69, 9.17) is 28.8 Å². The van der Waals surface area contributed by atoms with Gasteiger partial charge in [-0.1, -0.05) is 115 Å². The summed E-state index contributed by atoms with van der Waals surface area (Å²) in [7, 11) is 0. The largest absolute Gasteiger partial charge is 0.456 e. The average Bonchev–Trinajstić information content (AvgIpc) is 4.00. The lowest BCUT2D eigenvalue weighted by Crippen LogP contribution is -2.00. The van der Waals surface area contributed by atoms with Gasteiger partial charge in [0.2, 0.25) is 5.89 Å². The quantitative estimate of drug-likeness (QED) is 0.174. The smallest absolute Gasteiger partial charge is 0.227 e. The van der Waals surface area contributed by atoms with Crippen molar-refractivity contribution >= 4 is 75.3 Å². The van der Waals surface area contributed by atoms with Crippen molar-refractivity contribution in [3.63, 3.8) is 0 Å². The van der Waals surface area contributed by atoms with E-state index in [0.717, 1.165) is 76.3 Å². The van der Waals surface area contributed by atoms with Gasteiger partial charge in [0.1, 0.15) is 16.7 Å². The number of fused-ring (bicyclic) bond motifs is 10. The molecular weight excluding hydrogens is 721 g/mol. The zero-order chi connectivity index (χ0) is 37.5. The Hall–Kier alpha value is -7.48. The highest BCUT2D eigenvalue weighted by Crippen LogP contribution is 2.42. The van der Waals surface area contributed by atoms with E-state index in [2.05, 4.69) is 115 Å². The van der Waals surface area contributed by atoms with Crippen LogP contribution in [0.3, 0.4) is 0 Å². The number of hydrogen-bond donors (Lipinski definition) is 0. The minimum Gasteiger partial charge on any atom is -0.456 e. The summed E-state index contributed by atoms with van der Waals surface area (Å²) in [6.07, 6.45) is 0. The Labute approximate surface area is 329 Å². The molecule has 0 spiro atoms. The molecular formula is C50H28N4O2S. The lowest BCUT2D eigenvalue weighted by Gasteiger charge is -2.11. The van der Waals surface area contributed by atoms with Gasteiger partial charge in [-0.25, -0.2) is 19.9 Å². The van der Waals surface area contributed by atoms with Crippen molar-refractivity contribution in [1.29, 1.82) is 0 Å². The molecule has 0 saturated heterocycles. The fraction of sp³-hybridized carbons (Fsp3) is 0. The zero-order valence-corrected chi connectivity index (χ0v) is 31.0. The van der Waals surface area contributed by atoms with E-state index in [-0.39, 0.29) is 0 Å². The van der Waals surface area contributed by atoms with Crippen LogP contribution in [0, 0.1) is 0 Å². The Morgan fingerprint density at radius 1 is 0.404 bits per heavy atom. The van der Waals surface area contributed by atoms with Gasteiger partial charge in [-0.15, -0.1) is 11.3 Å². The van der Waals surface area contributed by atoms with Crippen molar-refractivity contribution in [2.75, 3.05) is 0 Å². The van der Waals surface area contributed by atoms with Crippen LogP contribution in [-0.2, 0) is 0 Å². The topological polar surface area (TPSA) is 77.8 Å². The van der Waals surface area contributed by atoms with E-state index in [1.54, 1.807) is 11.3 Å². The second-order valence-electron chi connectivity index (χ2n) is 14.2. The minimum absolute atomic E-state index is 0.573. The lowest BCUT2D eigenvalue weighted by molar-refractivity contribution is 0.622. The fourth-order valence-electron chi connectivity index (χ4n) is 8.05. The molecule has 4 aromatic heterocycles. The molecule has 266 valence electrons. The fourth-order valence-corrected chi connectivity index (χ4v) is 9.26. The number of benzene rings is 8. The molecule has 0 saturated carbocycles. The first kappa shape index (κ1) is 31.8. The van der Waals surface area contributed by atoms with Gasteiger partial charge in [0.05, 0.1) is 5.39 Å². The van der Waals surface area contributed by atoms with E-state index < -0.39 is 0 Å². The Morgan fingerprint density at radius 2 is 1.05 bits per heavy atom. The molecule has 0 aliphatic heterocycles. The van der Waals surface area contributed by atoms with E-state index in [9.17, 15) is 0 Å². The van der Waals surface area contributed by atoms with Crippen molar-refractivity contribution in [2.24, 2.45) is 0 Å². The Bertz CT molecular complexity index is 3530. The molecule has 12 rings (SSSR count). The van der Waals surface area contributed by atoms with Gasteiger partial charge < -0.3 is 8.83 Å². The number of furan rings is 1. The third-order valence-electron chi connectivity index (χ3n) is 10.8. The summed E-state index contributed by atoms with van der Waals surface area (Å²) in [5, 5.41) is 6.35. The molecule has 0 aliphatic rings. The third-order valence-corrected chi connectivity index (χ3v) is 12.0. The molecule has 0 fully saturated rings. The second kappa shape index (κ2) is 12.5. The van der Waals surface area contributed by atoms with Crippen molar-refractivity contribution in [3.8, 4) is 56.7 Å². The van der Waals surface area contributed by atoms with Gasteiger partial charge >= 0.3 is 0 Å². The first-order chi connectivity index (χ1) is 28.2. The van der Waals surface area contributed by atoms with Crippen molar-refractivity contribution in [3.05, 3.63) is 170 Å². The SMILES string of the molecule is c1ccc(-c2cccc(-c3nc(-c4ccc5ccc6oc7ccc8nc(-c9ccccc9)oc8c7c6c5c4)nc(-c4cccc5c4sc4ccccc45)n3)c2)cc1. The van der Waals surface area contributed by atoms with E-state index in [0.29, 0.717) is 28.9 Å². The Morgan fingerprint density at radius 3 is 1.91 bits per heavy atom. The maximum absolute atomic E-state index is 6.52. The van der Waals surface area contributed by atoms with Crippen LogP contribution >= 0.6 is 11.3 Å². The van der Waals surface area contributed by atoms with Crippen molar-refractivity contribution < 1.29 is 8.83 Å². The zero-order valence-electron chi connectivity index (χ0n) is 30.2. The van der Waals surface area contributed by atoms with Crippen LogP contribution in [0.25, 0.3) is 121 Å². The molecule has 0 unspecified atom stereocenters. The van der Waals surface area contributed by atoms with Gasteiger partial charge in [0, 0.05) is 47.8 Å². The van der Waals surface area contributed by atoms with Crippen LogP contribution in [0.4, 0.5) is 0 Å². The highest BCUT2D eigenvalue weighted by Gasteiger charge is 2.21. The molecule has 57 heavy (non-hydrogen) atoms. The predicted octanol–water partition coefficient (Wildman–Crippen LogP) is 13.8. The van der Waals surface area contributed by atoms with E-state index in [1.807, 2.05) is 54.6 Å². The summed E-state index contributed by atoms with van der Waals surface area (Å²) in [6, 6.07) is 58.2. The van der Waals surface area contributed by atoms with E-state index >= 15 is 0 Å². The number of hydrogen-bond acceptors (Lipinski definition) is 7. The number of aromatic nitrogens is 4. The Balaban J connectivity index is 1.09. The molecule has 6 nitrogen and oxygen atoms in total. The first-order valence-electron chi connectivity index (χ1n) is 18.8. The molecule has 0 amide bonds. The normalized spacial score (nSPS) is 11.9. The van der Waals surface area contributed by atoms with Crippen LogP contribution in [0.1, 0.15) is 0 Å². The number of oxazole rings is 1. The van der Waals surface area contributed by atoms with Crippen molar-refractivity contribution in [1.82, 2.24) is 19.9 Å². The van der Waals surface area contributed by atoms with Gasteiger partial charge in [0.25, 0.3) is 0 Å². The van der Waals surface area contributed by atoms with Crippen LogP contribution < -0.4 is 0 Å². The molecule has 4 heterocycles. The molecule has 12 aromatic rings. The van der Waals surface area contributed by atoms with Gasteiger partial charge in [-0.3, -0.25) is 0 Å².